The van der Waals surface area contributed by atoms with E-state index in [2.05, 4.69) is 9.88 Å². The molecular formula is C17H21F3N2O2. The van der Waals surface area contributed by atoms with Crippen molar-refractivity contribution in [3.8, 4) is 5.75 Å². The van der Waals surface area contributed by atoms with Crippen molar-refractivity contribution in [1.82, 2.24) is 9.88 Å². The van der Waals surface area contributed by atoms with Gasteiger partial charge < -0.3 is 14.8 Å². The van der Waals surface area contributed by atoms with Crippen LogP contribution in [-0.2, 0) is 12.6 Å². The highest BCUT2D eigenvalue weighted by Crippen LogP contribution is 2.39. The van der Waals surface area contributed by atoms with Gasteiger partial charge in [0.15, 0.2) is 0 Å². The van der Waals surface area contributed by atoms with Crippen LogP contribution in [0.5, 0.6) is 5.75 Å². The number of aliphatic hydroxyl groups excluding tert-OH is 1. The van der Waals surface area contributed by atoms with E-state index in [0.717, 1.165) is 31.0 Å². The normalized spacial score (nSPS) is 19.3. The van der Waals surface area contributed by atoms with Crippen LogP contribution in [0.15, 0.2) is 18.3 Å². The van der Waals surface area contributed by atoms with E-state index in [-0.39, 0.29) is 18.2 Å². The number of aromatic amines is 1. The Morgan fingerprint density at radius 3 is 2.83 bits per heavy atom. The van der Waals surface area contributed by atoms with E-state index in [0.29, 0.717) is 24.1 Å². The van der Waals surface area contributed by atoms with Crippen LogP contribution in [0.3, 0.4) is 0 Å². The topological polar surface area (TPSA) is 48.5 Å². The molecule has 1 aliphatic heterocycles. The molecule has 1 aliphatic rings. The number of nitrogens with zero attached hydrogens (tertiary/aromatic N) is 1. The largest absolute Gasteiger partial charge is 0.496 e. The van der Waals surface area contributed by atoms with Crippen molar-refractivity contribution in [2.45, 2.75) is 31.5 Å². The summed E-state index contributed by atoms with van der Waals surface area (Å²) in [5.41, 5.74) is 0.187. The van der Waals surface area contributed by atoms with E-state index in [4.69, 9.17) is 4.74 Å². The van der Waals surface area contributed by atoms with E-state index in [1.807, 2.05) is 0 Å². The average molecular weight is 342 g/mol. The van der Waals surface area contributed by atoms with Gasteiger partial charge >= 0.3 is 6.18 Å². The molecule has 0 saturated carbocycles. The van der Waals surface area contributed by atoms with Crippen LogP contribution < -0.4 is 4.74 Å². The minimum absolute atomic E-state index is 0.0666. The van der Waals surface area contributed by atoms with E-state index in [1.54, 1.807) is 6.20 Å². The number of rotatable bonds is 5. The molecule has 1 unspecified atom stereocenters. The highest BCUT2D eigenvalue weighted by molar-refractivity contribution is 5.92. The molecule has 24 heavy (non-hydrogen) atoms. The predicted octanol–water partition coefficient (Wildman–Crippen LogP) is 3.19. The molecule has 1 aromatic heterocycles. The van der Waals surface area contributed by atoms with Gasteiger partial charge in [-0.25, -0.2) is 0 Å². The van der Waals surface area contributed by atoms with Crippen LogP contribution in [0.2, 0.25) is 0 Å². The lowest BCUT2D eigenvalue weighted by Crippen LogP contribution is -2.33. The second-order valence-electron chi connectivity index (χ2n) is 6.14. The summed E-state index contributed by atoms with van der Waals surface area (Å²) in [6.07, 6.45) is -0.170. The average Bonchev–Trinajstić information content (AvgIpc) is 3.17. The molecule has 4 nitrogen and oxygen atoms in total. The maximum atomic E-state index is 13.2. The second kappa shape index (κ2) is 6.64. The number of methoxy groups -OCH3 is 1. The first kappa shape index (κ1) is 17.1. The maximum absolute atomic E-state index is 13.2. The molecule has 7 heteroatoms. The van der Waals surface area contributed by atoms with Crippen molar-refractivity contribution in [2.75, 3.05) is 26.8 Å². The second-order valence-corrected chi connectivity index (χ2v) is 6.14. The Hall–Kier alpha value is -1.73. The Morgan fingerprint density at radius 1 is 1.38 bits per heavy atom. The van der Waals surface area contributed by atoms with Gasteiger partial charge in [-0.1, -0.05) is 0 Å². The molecule has 2 heterocycles. The molecule has 0 bridgehead atoms. The summed E-state index contributed by atoms with van der Waals surface area (Å²) in [5, 5.41) is 9.87. The fourth-order valence-corrected chi connectivity index (χ4v) is 3.55. The molecule has 2 N–H and O–H groups in total. The molecule has 1 aromatic carbocycles. The quantitative estimate of drug-likeness (QED) is 0.877. The number of hydrogen-bond acceptors (Lipinski definition) is 3. The summed E-state index contributed by atoms with van der Waals surface area (Å²) in [6, 6.07) is 2.57. The Bertz CT molecular complexity index is 712. The van der Waals surface area contributed by atoms with Crippen LogP contribution in [0.4, 0.5) is 13.2 Å². The van der Waals surface area contributed by atoms with Gasteiger partial charge in [0.2, 0.25) is 0 Å². The summed E-state index contributed by atoms with van der Waals surface area (Å²) >= 11 is 0. The highest BCUT2D eigenvalue weighted by Gasteiger charge is 2.34. The van der Waals surface area contributed by atoms with Gasteiger partial charge in [0.25, 0.3) is 0 Å². The molecular weight excluding hydrogens is 321 g/mol. The summed E-state index contributed by atoms with van der Waals surface area (Å²) in [7, 11) is 1.46. The van der Waals surface area contributed by atoms with Gasteiger partial charge in [0.05, 0.1) is 24.8 Å². The van der Waals surface area contributed by atoms with Gasteiger partial charge in [-0.15, -0.1) is 0 Å². The Balaban J connectivity index is 1.91. The zero-order chi connectivity index (χ0) is 17.3. The number of ether oxygens (including phenoxy) is 1. The lowest BCUT2D eigenvalue weighted by molar-refractivity contribution is -0.136. The van der Waals surface area contributed by atoms with E-state index < -0.39 is 11.7 Å². The number of likely N-dealkylation sites (tertiary alicyclic amines) is 1. The number of nitrogens with one attached hydrogen (secondary N) is 1. The lowest BCUT2D eigenvalue weighted by atomic mass is 10.0. The number of aromatic nitrogens is 1. The first-order chi connectivity index (χ1) is 11.5. The lowest BCUT2D eigenvalue weighted by Gasteiger charge is -2.22. The first-order valence-corrected chi connectivity index (χ1v) is 8.04. The van der Waals surface area contributed by atoms with E-state index >= 15 is 0 Å². The molecule has 3 rings (SSSR count). The Labute approximate surface area is 138 Å². The van der Waals surface area contributed by atoms with Crippen molar-refractivity contribution < 1.29 is 23.0 Å². The molecule has 2 aromatic rings. The molecule has 1 atom stereocenters. The van der Waals surface area contributed by atoms with Gasteiger partial charge in [-0.2, -0.15) is 13.2 Å². The number of benzene rings is 1. The smallest absolute Gasteiger partial charge is 0.418 e. The minimum Gasteiger partial charge on any atom is -0.496 e. The Morgan fingerprint density at radius 2 is 2.17 bits per heavy atom. The zero-order valence-corrected chi connectivity index (χ0v) is 13.5. The molecule has 0 spiro atoms. The van der Waals surface area contributed by atoms with Crippen LogP contribution in [-0.4, -0.2) is 47.8 Å². The third kappa shape index (κ3) is 3.10. The van der Waals surface area contributed by atoms with Crippen molar-refractivity contribution in [1.29, 1.82) is 0 Å². The number of H-pyrrole nitrogens is 1. The van der Waals surface area contributed by atoms with E-state index in [9.17, 15) is 18.3 Å². The summed E-state index contributed by atoms with van der Waals surface area (Å²) in [6.45, 7) is 1.74. The minimum atomic E-state index is -4.41. The number of halogens is 3. The molecule has 132 valence electrons. The van der Waals surface area contributed by atoms with E-state index in [1.165, 1.54) is 13.2 Å². The fourth-order valence-electron chi connectivity index (χ4n) is 3.55. The molecule has 1 fully saturated rings. The van der Waals surface area contributed by atoms with Gasteiger partial charge in [0, 0.05) is 24.2 Å². The Kier molecular flexibility index (Phi) is 4.73. The number of hydrogen-bond donors (Lipinski definition) is 2. The standard InChI is InChI=1S/C17H21F3N2O2/c1-24-14-5-4-13(17(18,19)20)16-15(14)11(9-21-16)6-8-22-7-2-3-12(22)10-23/h4-5,9,12,21,23H,2-3,6-8,10H2,1H3. The monoisotopic (exact) mass is 342 g/mol. The summed E-state index contributed by atoms with van der Waals surface area (Å²) in [5.74, 6) is 0.439. The number of fused-ring (bicyclic) bond motifs is 1. The van der Waals surface area contributed by atoms with Crippen molar-refractivity contribution >= 4 is 10.9 Å². The van der Waals surface area contributed by atoms with Crippen molar-refractivity contribution in [3.63, 3.8) is 0 Å². The van der Waals surface area contributed by atoms with Crippen LogP contribution in [0.25, 0.3) is 10.9 Å². The molecule has 1 saturated heterocycles. The van der Waals surface area contributed by atoms with Crippen LogP contribution in [0.1, 0.15) is 24.0 Å². The van der Waals surface area contributed by atoms with Gasteiger partial charge in [-0.05, 0) is 43.5 Å². The molecule has 0 amide bonds. The van der Waals surface area contributed by atoms with Gasteiger partial charge in [0.1, 0.15) is 5.75 Å². The number of aliphatic hydroxyl groups is 1. The highest BCUT2D eigenvalue weighted by atomic mass is 19.4. The summed E-state index contributed by atoms with van der Waals surface area (Å²) in [4.78, 5) is 4.96. The van der Waals surface area contributed by atoms with Crippen LogP contribution >= 0.6 is 0 Å². The predicted molar refractivity (Wildman–Crippen MR) is 85.2 cm³/mol. The molecule has 0 radical (unpaired) electrons. The SMILES string of the molecule is COc1ccc(C(F)(F)F)c2[nH]cc(CCN3CCCC3CO)c12. The third-order valence-electron chi connectivity index (χ3n) is 4.78. The number of alkyl halides is 3. The fraction of sp³-hybridized carbons (Fsp3) is 0.529. The molecule has 0 aliphatic carbocycles. The third-order valence-corrected chi connectivity index (χ3v) is 4.78. The van der Waals surface area contributed by atoms with Crippen LogP contribution in [0, 0.1) is 0 Å². The zero-order valence-electron chi connectivity index (χ0n) is 13.5. The van der Waals surface area contributed by atoms with Crippen molar-refractivity contribution in [2.24, 2.45) is 0 Å². The maximum Gasteiger partial charge on any atom is 0.418 e. The van der Waals surface area contributed by atoms with Gasteiger partial charge in [-0.3, -0.25) is 4.90 Å². The first-order valence-electron chi connectivity index (χ1n) is 8.04. The summed E-state index contributed by atoms with van der Waals surface area (Å²) < 4.78 is 44.9. The van der Waals surface area contributed by atoms with Crippen molar-refractivity contribution in [3.05, 3.63) is 29.5 Å².